The van der Waals surface area contributed by atoms with Gasteiger partial charge in [-0.25, -0.2) is 9.97 Å². The first kappa shape index (κ1) is 29.6. The smallest absolute Gasteiger partial charge is 0.384 e. The van der Waals surface area contributed by atoms with E-state index in [1.165, 1.54) is 6.20 Å². The molecule has 1 saturated carbocycles. The number of nitrogens with zero attached hydrogens (tertiary/aromatic N) is 5. The number of alkyl halides is 3. The Balaban J connectivity index is 0.989. The van der Waals surface area contributed by atoms with E-state index in [2.05, 4.69) is 25.3 Å². The quantitative estimate of drug-likeness (QED) is 0.399. The van der Waals surface area contributed by atoms with Gasteiger partial charge in [0.1, 0.15) is 5.60 Å². The molecule has 2 unspecified atom stereocenters. The van der Waals surface area contributed by atoms with Crippen LogP contribution in [0, 0.1) is 17.8 Å². The number of aromatic nitrogens is 4. The van der Waals surface area contributed by atoms with Gasteiger partial charge in [0.25, 0.3) is 0 Å². The molecule has 0 spiro atoms. The van der Waals surface area contributed by atoms with Crippen LogP contribution in [-0.4, -0.2) is 55.5 Å². The van der Waals surface area contributed by atoms with Gasteiger partial charge in [-0.15, -0.1) is 0 Å². The summed E-state index contributed by atoms with van der Waals surface area (Å²) >= 11 is 0. The minimum Gasteiger partial charge on any atom is -0.384 e. The van der Waals surface area contributed by atoms with E-state index in [-0.39, 0.29) is 17.9 Å². The highest BCUT2D eigenvalue weighted by Crippen LogP contribution is 2.42. The molecule has 2 N–H and O–H groups in total. The number of pyridine rings is 2. The lowest BCUT2D eigenvalue weighted by Crippen LogP contribution is -2.41. The van der Waals surface area contributed by atoms with Crippen molar-refractivity contribution in [2.24, 2.45) is 17.8 Å². The van der Waals surface area contributed by atoms with Crippen LogP contribution in [0.1, 0.15) is 74.4 Å². The van der Waals surface area contributed by atoms with Crippen molar-refractivity contribution >= 4 is 5.91 Å². The van der Waals surface area contributed by atoms with Crippen LogP contribution in [0.4, 0.5) is 13.2 Å². The lowest BCUT2D eigenvalue weighted by molar-refractivity contribution is -0.138. The Morgan fingerprint density at radius 3 is 2.51 bits per heavy atom. The van der Waals surface area contributed by atoms with Crippen LogP contribution < -0.4 is 5.32 Å². The first-order valence-electron chi connectivity index (χ1n) is 15.2. The number of hydrogen-bond donors (Lipinski definition) is 2. The summed E-state index contributed by atoms with van der Waals surface area (Å²) in [4.78, 5) is 32.7. The minimum absolute atomic E-state index is 0.106. The van der Waals surface area contributed by atoms with E-state index in [4.69, 9.17) is 0 Å². The monoisotopic (exact) mass is 594 g/mol. The summed E-state index contributed by atoms with van der Waals surface area (Å²) in [6.07, 6.45) is 8.10. The molecule has 0 bridgehead atoms. The zero-order valence-electron chi connectivity index (χ0n) is 24.0. The number of aliphatic hydroxyl groups is 1. The fourth-order valence-corrected chi connectivity index (χ4v) is 7.03. The van der Waals surface area contributed by atoms with E-state index < -0.39 is 17.3 Å². The van der Waals surface area contributed by atoms with E-state index in [0.717, 1.165) is 56.5 Å². The molecule has 11 heteroatoms. The predicted octanol–water partition coefficient (Wildman–Crippen LogP) is 5.31. The van der Waals surface area contributed by atoms with Crippen molar-refractivity contribution in [2.75, 3.05) is 19.6 Å². The van der Waals surface area contributed by atoms with Crippen molar-refractivity contribution in [1.82, 2.24) is 30.2 Å². The summed E-state index contributed by atoms with van der Waals surface area (Å²) in [6, 6.07) is 7.24. The molecule has 2 saturated heterocycles. The summed E-state index contributed by atoms with van der Waals surface area (Å²) < 4.78 is 39.6. The zero-order valence-corrected chi connectivity index (χ0v) is 24.0. The molecule has 1 amide bonds. The number of hydrogen-bond acceptors (Lipinski definition) is 7. The Labute approximate surface area is 249 Å². The van der Waals surface area contributed by atoms with Gasteiger partial charge in [-0.3, -0.25) is 14.8 Å². The van der Waals surface area contributed by atoms with Gasteiger partial charge in [0.05, 0.1) is 23.0 Å². The standard InChI is InChI=1S/C32H37F3N6O2/c33-32(34,35)25-7-14-37-27(18-25)26-17-23(6-13-36-26)30(42)41-15-8-22(20-41)16-21-4-9-31(43,10-5-21)28-3-2-24(19-40-28)29-38-11-1-12-39-29/h1-3,7,11-12,14,18-19,21-23,26,36,43H,4-6,8-10,13,15-17,20H2/t21?,22?,23-,26?,31?/m1/s1. The topological polar surface area (TPSA) is 104 Å². The molecule has 8 nitrogen and oxygen atoms in total. The van der Waals surface area contributed by atoms with Crippen LogP contribution in [-0.2, 0) is 16.6 Å². The minimum atomic E-state index is -4.43. The highest BCUT2D eigenvalue weighted by molar-refractivity contribution is 5.79. The van der Waals surface area contributed by atoms with Crippen molar-refractivity contribution in [3.63, 3.8) is 0 Å². The van der Waals surface area contributed by atoms with Crippen molar-refractivity contribution in [3.05, 3.63) is 72.1 Å². The predicted molar refractivity (Wildman–Crippen MR) is 153 cm³/mol. The molecule has 1 aliphatic carbocycles. The third kappa shape index (κ3) is 6.72. The van der Waals surface area contributed by atoms with Gasteiger partial charge in [-0.2, -0.15) is 13.2 Å². The maximum absolute atomic E-state index is 13.4. The fraction of sp³-hybridized carbons (Fsp3) is 0.531. The second kappa shape index (κ2) is 12.3. The van der Waals surface area contributed by atoms with Crippen LogP contribution >= 0.6 is 0 Å². The molecule has 3 aliphatic rings. The Hall–Kier alpha value is -3.44. The molecule has 3 aromatic heterocycles. The second-order valence-corrected chi connectivity index (χ2v) is 12.3. The molecule has 2 aliphatic heterocycles. The molecule has 3 aromatic rings. The van der Waals surface area contributed by atoms with Crippen LogP contribution in [0.2, 0.25) is 0 Å². The van der Waals surface area contributed by atoms with Crippen molar-refractivity contribution in [2.45, 2.75) is 69.2 Å². The Morgan fingerprint density at radius 2 is 1.79 bits per heavy atom. The molecule has 228 valence electrons. The molecule has 5 heterocycles. The number of halogens is 3. The first-order chi connectivity index (χ1) is 20.7. The molecule has 43 heavy (non-hydrogen) atoms. The van der Waals surface area contributed by atoms with E-state index in [1.54, 1.807) is 24.7 Å². The van der Waals surface area contributed by atoms with Gasteiger partial charge >= 0.3 is 6.18 Å². The average Bonchev–Trinajstić information content (AvgIpc) is 3.50. The molecule has 3 fully saturated rings. The molecule has 3 atom stereocenters. The molecule has 0 aromatic carbocycles. The molecule has 6 rings (SSSR count). The Morgan fingerprint density at radius 1 is 1.00 bits per heavy atom. The third-order valence-corrected chi connectivity index (χ3v) is 9.48. The van der Waals surface area contributed by atoms with Gasteiger partial charge in [0, 0.05) is 49.4 Å². The van der Waals surface area contributed by atoms with Gasteiger partial charge in [-0.1, -0.05) is 0 Å². The lowest BCUT2D eigenvalue weighted by Gasteiger charge is -2.36. The summed E-state index contributed by atoms with van der Waals surface area (Å²) in [5.74, 6) is 1.40. The SMILES string of the molecule is O=C([C@@H]1CCNC(c2cc(C(F)(F)F)ccn2)C1)N1CCC(CC2CCC(O)(c3ccc(-c4ncccn4)cn3)CC2)C1. The van der Waals surface area contributed by atoms with Crippen LogP contribution in [0.25, 0.3) is 11.4 Å². The highest BCUT2D eigenvalue weighted by Gasteiger charge is 2.39. The number of rotatable bonds is 6. The summed E-state index contributed by atoms with van der Waals surface area (Å²) in [6.45, 7) is 2.01. The zero-order chi connectivity index (χ0) is 30.0. The number of amides is 1. The van der Waals surface area contributed by atoms with E-state index in [0.29, 0.717) is 61.3 Å². The molecule has 0 radical (unpaired) electrons. The van der Waals surface area contributed by atoms with E-state index >= 15 is 0 Å². The normalized spacial score (nSPS) is 28.1. The van der Waals surface area contributed by atoms with Gasteiger partial charge < -0.3 is 15.3 Å². The number of piperidine rings is 1. The van der Waals surface area contributed by atoms with Crippen molar-refractivity contribution in [1.29, 1.82) is 0 Å². The van der Waals surface area contributed by atoms with Gasteiger partial charge in [-0.05, 0) is 100 Å². The number of carbonyl (C=O) groups is 1. The highest BCUT2D eigenvalue weighted by atomic mass is 19.4. The summed E-state index contributed by atoms with van der Waals surface area (Å²) in [5, 5.41) is 14.6. The summed E-state index contributed by atoms with van der Waals surface area (Å²) in [7, 11) is 0. The summed E-state index contributed by atoms with van der Waals surface area (Å²) in [5.41, 5.74) is 0.173. The van der Waals surface area contributed by atoms with Crippen LogP contribution in [0.3, 0.4) is 0 Å². The van der Waals surface area contributed by atoms with Crippen molar-refractivity contribution in [3.8, 4) is 11.4 Å². The first-order valence-corrected chi connectivity index (χ1v) is 15.2. The van der Waals surface area contributed by atoms with Crippen LogP contribution in [0.5, 0.6) is 0 Å². The van der Waals surface area contributed by atoms with Crippen LogP contribution in [0.15, 0.2) is 55.1 Å². The molecular weight excluding hydrogens is 557 g/mol. The van der Waals surface area contributed by atoms with E-state index in [1.807, 2.05) is 17.0 Å². The Kier molecular flexibility index (Phi) is 8.46. The molecular formula is C32H37F3N6O2. The van der Waals surface area contributed by atoms with Gasteiger partial charge in [0.2, 0.25) is 5.91 Å². The Bertz CT molecular complexity index is 1400. The maximum atomic E-state index is 13.4. The number of nitrogens with one attached hydrogen (secondary N) is 1. The number of likely N-dealkylation sites (tertiary alicyclic amines) is 1. The van der Waals surface area contributed by atoms with E-state index in [9.17, 15) is 23.1 Å². The van der Waals surface area contributed by atoms with Gasteiger partial charge in [0.15, 0.2) is 5.82 Å². The maximum Gasteiger partial charge on any atom is 0.416 e. The average molecular weight is 595 g/mol. The number of carbonyl (C=O) groups excluding carboxylic acids is 1. The fourth-order valence-electron chi connectivity index (χ4n) is 7.03. The lowest BCUT2D eigenvalue weighted by atomic mass is 9.74. The third-order valence-electron chi connectivity index (χ3n) is 9.48. The second-order valence-electron chi connectivity index (χ2n) is 12.3. The largest absolute Gasteiger partial charge is 0.416 e. The van der Waals surface area contributed by atoms with Crippen molar-refractivity contribution < 1.29 is 23.1 Å².